The summed E-state index contributed by atoms with van der Waals surface area (Å²) in [5.74, 6) is 2.46. The zero-order valence-corrected chi connectivity index (χ0v) is 17.0. The summed E-state index contributed by atoms with van der Waals surface area (Å²) in [5.41, 5.74) is 0. The number of hydrogen-bond acceptors (Lipinski definition) is 5. The zero-order valence-electron chi connectivity index (χ0n) is 17.0. The summed E-state index contributed by atoms with van der Waals surface area (Å²) in [6, 6.07) is 2.13. The van der Waals surface area contributed by atoms with Crippen LogP contribution in [0.5, 0.6) is 0 Å². The molecule has 1 N–H and O–H groups in total. The average Bonchev–Trinajstić information content (AvgIpc) is 3.23. The first-order valence-corrected chi connectivity index (χ1v) is 10.5. The van der Waals surface area contributed by atoms with Crippen LogP contribution in [0.3, 0.4) is 0 Å². The van der Waals surface area contributed by atoms with Gasteiger partial charge in [-0.2, -0.15) is 0 Å². The number of nitrogens with zero attached hydrogens (tertiary/aromatic N) is 5. The minimum atomic E-state index is 0.207. The Balaban J connectivity index is 1.63. The van der Waals surface area contributed by atoms with Crippen molar-refractivity contribution < 1.29 is 4.79 Å². The molecule has 1 aliphatic heterocycles. The van der Waals surface area contributed by atoms with E-state index in [1.54, 1.807) is 18.9 Å². The number of imidazole rings is 1. The van der Waals surface area contributed by atoms with Crippen LogP contribution in [0.15, 0.2) is 31.1 Å². The quantitative estimate of drug-likeness (QED) is 0.788. The SMILES string of the molecule is CCC(C)CCC(=O)N1CCCCCC(Nc2cc(-n3ccnc3)ncn2)C1. The van der Waals surface area contributed by atoms with Gasteiger partial charge >= 0.3 is 0 Å². The summed E-state index contributed by atoms with van der Waals surface area (Å²) in [6.07, 6.45) is 14.1. The Bertz CT molecular complexity index is 732. The Morgan fingerprint density at radius 2 is 2.21 bits per heavy atom. The third kappa shape index (κ3) is 5.78. The van der Waals surface area contributed by atoms with Gasteiger partial charge in [0.25, 0.3) is 0 Å². The highest BCUT2D eigenvalue weighted by atomic mass is 16.2. The van der Waals surface area contributed by atoms with E-state index in [1.165, 1.54) is 6.42 Å². The largest absolute Gasteiger partial charge is 0.365 e. The van der Waals surface area contributed by atoms with Gasteiger partial charge in [-0.3, -0.25) is 9.36 Å². The van der Waals surface area contributed by atoms with Crippen LogP contribution in [-0.2, 0) is 4.79 Å². The van der Waals surface area contributed by atoms with Crippen LogP contribution >= 0.6 is 0 Å². The van der Waals surface area contributed by atoms with Crippen LogP contribution in [0.2, 0.25) is 0 Å². The Morgan fingerprint density at radius 1 is 1.32 bits per heavy atom. The van der Waals surface area contributed by atoms with Gasteiger partial charge in [0.15, 0.2) is 0 Å². The molecular weight excluding hydrogens is 352 g/mol. The summed E-state index contributed by atoms with van der Waals surface area (Å²) < 4.78 is 1.86. The monoisotopic (exact) mass is 384 g/mol. The number of carbonyl (C=O) groups excluding carboxylic acids is 1. The number of aromatic nitrogens is 4. The predicted octanol–water partition coefficient (Wildman–Crippen LogP) is 3.67. The lowest BCUT2D eigenvalue weighted by Crippen LogP contribution is -2.42. The molecule has 1 saturated heterocycles. The number of anilines is 1. The molecule has 3 heterocycles. The maximum atomic E-state index is 12.8. The molecule has 1 aliphatic rings. The van der Waals surface area contributed by atoms with E-state index in [1.807, 2.05) is 16.8 Å². The number of carbonyl (C=O) groups is 1. The second-order valence-electron chi connectivity index (χ2n) is 7.81. The minimum Gasteiger partial charge on any atom is -0.365 e. The van der Waals surface area contributed by atoms with Gasteiger partial charge in [0.1, 0.15) is 24.3 Å². The first-order chi connectivity index (χ1) is 13.7. The van der Waals surface area contributed by atoms with Crippen LogP contribution in [-0.4, -0.2) is 49.5 Å². The second kappa shape index (κ2) is 10.2. The lowest BCUT2D eigenvalue weighted by Gasteiger charge is -2.31. The van der Waals surface area contributed by atoms with E-state index in [-0.39, 0.29) is 11.9 Å². The molecule has 2 atom stereocenters. The summed E-state index contributed by atoms with van der Waals surface area (Å²) in [7, 11) is 0. The van der Waals surface area contributed by atoms with Gasteiger partial charge in [0.05, 0.1) is 0 Å². The average molecular weight is 385 g/mol. The van der Waals surface area contributed by atoms with Crippen molar-refractivity contribution in [1.29, 1.82) is 0 Å². The highest BCUT2D eigenvalue weighted by Crippen LogP contribution is 2.18. The van der Waals surface area contributed by atoms with Crippen LogP contribution in [0.1, 0.15) is 58.8 Å². The van der Waals surface area contributed by atoms with Crippen molar-refractivity contribution in [3.05, 3.63) is 31.1 Å². The topological polar surface area (TPSA) is 75.9 Å². The summed E-state index contributed by atoms with van der Waals surface area (Å²) in [6.45, 7) is 6.01. The molecule has 0 spiro atoms. The molecular formula is C21H32N6O. The molecule has 7 nitrogen and oxygen atoms in total. The Morgan fingerprint density at radius 3 is 3.00 bits per heavy atom. The molecule has 3 rings (SSSR count). The Labute approximate surface area is 167 Å². The molecule has 1 amide bonds. The van der Waals surface area contributed by atoms with Crippen LogP contribution in [0.4, 0.5) is 5.82 Å². The molecule has 2 aromatic rings. The minimum absolute atomic E-state index is 0.207. The predicted molar refractivity (Wildman–Crippen MR) is 110 cm³/mol. The fourth-order valence-corrected chi connectivity index (χ4v) is 3.57. The maximum Gasteiger partial charge on any atom is 0.222 e. The third-order valence-corrected chi connectivity index (χ3v) is 5.60. The van der Waals surface area contributed by atoms with E-state index >= 15 is 0 Å². The van der Waals surface area contributed by atoms with Crippen molar-refractivity contribution in [2.45, 2.75) is 64.8 Å². The van der Waals surface area contributed by atoms with Crippen LogP contribution in [0.25, 0.3) is 5.82 Å². The molecule has 0 radical (unpaired) electrons. The molecule has 0 aromatic carbocycles. The van der Waals surface area contributed by atoms with Gasteiger partial charge in [-0.1, -0.05) is 33.1 Å². The van der Waals surface area contributed by atoms with E-state index < -0.39 is 0 Å². The number of hydrogen-bond donors (Lipinski definition) is 1. The van der Waals surface area contributed by atoms with Gasteiger partial charge in [-0.05, 0) is 25.2 Å². The zero-order chi connectivity index (χ0) is 19.8. The second-order valence-corrected chi connectivity index (χ2v) is 7.81. The highest BCUT2D eigenvalue weighted by molar-refractivity contribution is 5.76. The van der Waals surface area contributed by atoms with Gasteiger partial charge in [0.2, 0.25) is 5.91 Å². The fraction of sp³-hybridized carbons (Fsp3) is 0.619. The molecule has 0 saturated carbocycles. The Hall–Kier alpha value is -2.44. The molecule has 152 valence electrons. The van der Waals surface area contributed by atoms with Gasteiger partial charge < -0.3 is 10.2 Å². The molecule has 0 aliphatic carbocycles. The molecule has 2 unspecified atom stereocenters. The molecule has 1 fully saturated rings. The molecule has 2 aromatic heterocycles. The van der Waals surface area contributed by atoms with Crippen LogP contribution in [0, 0.1) is 5.92 Å². The van der Waals surface area contributed by atoms with Crippen molar-refractivity contribution in [2.75, 3.05) is 18.4 Å². The normalized spacial score (nSPS) is 18.9. The fourth-order valence-electron chi connectivity index (χ4n) is 3.57. The number of amides is 1. The van der Waals surface area contributed by atoms with Crippen molar-refractivity contribution in [2.24, 2.45) is 5.92 Å². The molecule has 7 heteroatoms. The van der Waals surface area contributed by atoms with E-state index in [9.17, 15) is 4.79 Å². The summed E-state index contributed by atoms with van der Waals surface area (Å²) >= 11 is 0. The standard InChI is InChI=1S/C21H32N6O/c1-3-17(2)8-9-21(28)26-11-6-4-5-7-18(14-26)25-19-13-20(24-15-23-19)27-12-10-22-16-27/h10,12-13,15-18H,3-9,11,14H2,1-2H3,(H,23,24,25). The summed E-state index contributed by atoms with van der Waals surface area (Å²) in [4.78, 5) is 27.6. The molecule has 28 heavy (non-hydrogen) atoms. The number of rotatable bonds is 7. The first kappa shape index (κ1) is 20.3. The van der Waals surface area contributed by atoms with Crippen molar-refractivity contribution in [3.8, 4) is 5.82 Å². The van der Waals surface area contributed by atoms with Crippen molar-refractivity contribution >= 4 is 11.7 Å². The Kier molecular flexibility index (Phi) is 7.39. The third-order valence-electron chi connectivity index (χ3n) is 5.60. The lowest BCUT2D eigenvalue weighted by atomic mass is 10.0. The van der Waals surface area contributed by atoms with Crippen molar-refractivity contribution in [3.63, 3.8) is 0 Å². The molecule has 0 bridgehead atoms. The smallest absolute Gasteiger partial charge is 0.222 e. The van der Waals surface area contributed by atoms with E-state index in [0.717, 1.165) is 56.8 Å². The number of likely N-dealkylation sites (tertiary alicyclic amines) is 1. The highest BCUT2D eigenvalue weighted by Gasteiger charge is 2.21. The van der Waals surface area contributed by atoms with Gasteiger partial charge in [-0.15, -0.1) is 0 Å². The van der Waals surface area contributed by atoms with Crippen LogP contribution < -0.4 is 5.32 Å². The van der Waals surface area contributed by atoms with E-state index in [0.29, 0.717) is 12.3 Å². The summed E-state index contributed by atoms with van der Waals surface area (Å²) in [5, 5.41) is 3.53. The van der Waals surface area contributed by atoms with E-state index in [2.05, 4.69) is 39.0 Å². The maximum absolute atomic E-state index is 12.8. The lowest BCUT2D eigenvalue weighted by molar-refractivity contribution is -0.132. The van der Waals surface area contributed by atoms with Gasteiger partial charge in [0, 0.05) is 44.0 Å². The van der Waals surface area contributed by atoms with Crippen molar-refractivity contribution in [1.82, 2.24) is 24.4 Å². The first-order valence-electron chi connectivity index (χ1n) is 10.5. The number of nitrogens with one attached hydrogen (secondary N) is 1. The van der Waals surface area contributed by atoms with E-state index in [4.69, 9.17) is 0 Å². The van der Waals surface area contributed by atoms with Gasteiger partial charge in [-0.25, -0.2) is 15.0 Å².